The van der Waals surface area contributed by atoms with Gasteiger partial charge in [0, 0.05) is 32.7 Å². The minimum absolute atomic E-state index is 0.0819. The Bertz CT molecular complexity index is 803. The van der Waals surface area contributed by atoms with Gasteiger partial charge >= 0.3 is 6.03 Å². The monoisotopic (exact) mass is 396 g/mol. The van der Waals surface area contributed by atoms with E-state index in [0.717, 1.165) is 43.9 Å². The fraction of sp³-hybridized carbons (Fsp3) is 0.435. The van der Waals surface area contributed by atoms with Crippen LogP contribution in [0.3, 0.4) is 0 Å². The zero-order valence-corrected chi connectivity index (χ0v) is 17.6. The van der Waals surface area contributed by atoms with Gasteiger partial charge in [0.2, 0.25) is 0 Å². The molecular weight excluding hydrogens is 364 g/mol. The molecule has 0 spiro atoms. The summed E-state index contributed by atoms with van der Waals surface area (Å²) in [5, 5.41) is 5.94. The summed E-state index contributed by atoms with van der Waals surface area (Å²) in [7, 11) is 2.15. The fourth-order valence-corrected chi connectivity index (χ4v) is 3.56. The van der Waals surface area contributed by atoms with Crippen LogP contribution in [0.2, 0.25) is 0 Å². The largest absolute Gasteiger partial charge is 0.490 e. The van der Waals surface area contributed by atoms with Gasteiger partial charge in [0.15, 0.2) is 0 Å². The van der Waals surface area contributed by atoms with E-state index in [1.54, 1.807) is 0 Å². The van der Waals surface area contributed by atoms with Gasteiger partial charge in [-0.3, -0.25) is 4.90 Å². The first-order valence-corrected chi connectivity index (χ1v) is 10.3. The van der Waals surface area contributed by atoms with Crippen molar-refractivity contribution in [3.05, 3.63) is 59.7 Å². The molecule has 2 aromatic rings. The van der Waals surface area contributed by atoms with Gasteiger partial charge in [-0.05, 0) is 44.2 Å². The number of para-hydroxylation sites is 2. The third kappa shape index (κ3) is 6.21. The van der Waals surface area contributed by atoms with Crippen molar-refractivity contribution in [2.24, 2.45) is 0 Å². The van der Waals surface area contributed by atoms with E-state index < -0.39 is 0 Å². The van der Waals surface area contributed by atoms with Crippen molar-refractivity contribution < 1.29 is 9.53 Å². The average Bonchev–Trinajstić information content (AvgIpc) is 2.71. The van der Waals surface area contributed by atoms with Gasteiger partial charge in [-0.25, -0.2) is 4.79 Å². The minimum Gasteiger partial charge on any atom is -0.490 e. The molecule has 0 bridgehead atoms. The van der Waals surface area contributed by atoms with Crippen LogP contribution < -0.4 is 15.4 Å². The predicted octanol–water partition coefficient (Wildman–Crippen LogP) is 3.50. The summed E-state index contributed by atoms with van der Waals surface area (Å²) in [6, 6.07) is 15.3. The number of carbonyl (C=O) groups excluding carboxylic acids is 1. The number of carbonyl (C=O) groups is 1. The van der Waals surface area contributed by atoms with Gasteiger partial charge in [0.1, 0.15) is 12.4 Å². The van der Waals surface area contributed by atoms with Crippen LogP contribution in [-0.4, -0.2) is 62.2 Å². The van der Waals surface area contributed by atoms with Gasteiger partial charge in [0.25, 0.3) is 0 Å². The number of hydrogen-bond acceptors (Lipinski definition) is 4. The van der Waals surface area contributed by atoms with E-state index in [1.165, 1.54) is 0 Å². The highest BCUT2D eigenvalue weighted by Crippen LogP contribution is 2.24. The summed E-state index contributed by atoms with van der Waals surface area (Å²) >= 11 is 0. The van der Waals surface area contributed by atoms with Crippen molar-refractivity contribution in [1.82, 2.24) is 15.1 Å². The Morgan fingerprint density at radius 3 is 2.52 bits per heavy atom. The number of urea groups is 1. The molecule has 2 aromatic carbocycles. The van der Waals surface area contributed by atoms with Crippen LogP contribution in [0.1, 0.15) is 24.1 Å². The van der Waals surface area contributed by atoms with Crippen LogP contribution >= 0.6 is 0 Å². The SMILES string of the molecule is Cc1ccccc1C(C)NC(=O)Nc1ccccc1OCCN1CCN(C)CC1. The lowest BCUT2D eigenvalue weighted by Gasteiger charge is -2.32. The Morgan fingerprint density at radius 2 is 1.76 bits per heavy atom. The number of ether oxygens (including phenoxy) is 1. The first-order chi connectivity index (χ1) is 14.0. The normalized spacial score (nSPS) is 16.2. The molecule has 2 N–H and O–H groups in total. The first-order valence-electron chi connectivity index (χ1n) is 10.3. The fourth-order valence-electron chi connectivity index (χ4n) is 3.56. The van der Waals surface area contributed by atoms with Crippen molar-refractivity contribution in [2.45, 2.75) is 19.9 Å². The second-order valence-electron chi connectivity index (χ2n) is 7.67. The maximum Gasteiger partial charge on any atom is 0.319 e. The highest BCUT2D eigenvalue weighted by molar-refractivity contribution is 5.91. The number of nitrogens with one attached hydrogen (secondary N) is 2. The van der Waals surface area contributed by atoms with Crippen molar-refractivity contribution >= 4 is 11.7 Å². The Morgan fingerprint density at radius 1 is 1.07 bits per heavy atom. The molecule has 1 aliphatic rings. The number of anilines is 1. The molecule has 1 unspecified atom stereocenters. The van der Waals surface area contributed by atoms with Crippen LogP contribution in [0.5, 0.6) is 5.75 Å². The molecule has 1 fully saturated rings. The predicted molar refractivity (Wildman–Crippen MR) is 118 cm³/mol. The van der Waals surface area contributed by atoms with Crippen molar-refractivity contribution in [2.75, 3.05) is 51.7 Å². The van der Waals surface area contributed by atoms with Crippen LogP contribution in [0, 0.1) is 6.92 Å². The molecule has 3 rings (SSSR count). The topological polar surface area (TPSA) is 56.8 Å². The van der Waals surface area contributed by atoms with Crippen LogP contribution in [0.25, 0.3) is 0 Å². The Kier molecular flexibility index (Phi) is 7.49. The molecule has 0 radical (unpaired) electrons. The van der Waals surface area contributed by atoms with E-state index in [2.05, 4.69) is 40.5 Å². The molecule has 6 heteroatoms. The summed E-state index contributed by atoms with van der Waals surface area (Å²) in [4.78, 5) is 17.3. The number of rotatable bonds is 7. The smallest absolute Gasteiger partial charge is 0.319 e. The second-order valence-corrected chi connectivity index (χ2v) is 7.67. The first kappa shape index (κ1) is 21.1. The summed E-state index contributed by atoms with van der Waals surface area (Å²) in [5.41, 5.74) is 2.95. The van der Waals surface area contributed by atoms with Gasteiger partial charge in [-0.1, -0.05) is 36.4 Å². The zero-order chi connectivity index (χ0) is 20.6. The molecule has 29 heavy (non-hydrogen) atoms. The molecule has 1 heterocycles. The van der Waals surface area contributed by atoms with Gasteiger partial charge < -0.3 is 20.3 Å². The number of nitrogens with zero attached hydrogens (tertiary/aromatic N) is 2. The molecule has 2 amide bonds. The summed E-state index contributed by atoms with van der Waals surface area (Å²) in [6.07, 6.45) is 0. The Hall–Kier alpha value is -2.57. The third-order valence-electron chi connectivity index (χ3n) is 5.40. The van der Waals surface area contributed by atoms with E-state index in [1.807, 2.05) is 49.4 Å². The number of aryl methyl sites for hydroxylation is 1. The molecule has 1 atom stereocenters. The molecule has 6 nitrogen and oxygen atoms in total. The summed E-state index contributed by atoms with van der Waals surface area (Å²) in [6.45, 7) is 9.85. The number of likely N-dealkylation sites (N-methyl/N-ethyl adjacent to an activating group) is 1. The molecule has 1 aliphatic heterocycles. The lowest BCUT2D eigenvalue weighted by Crippen LogP contribution is -2.45. The molecular formula is C23H32N4O2. The lowest BCUT2D eigenvalue weighted by molar-refractivity contribution is 0.134. The van der Waals surface area contributed by atoms with Gasteiger partial charge in [-0.15, -0.1) is 0 Å². The van der Waals surface area contributed by atoms with Crippen LogP contribution in [0.15, 0.2) is 48.5 Å². The average molecular weight is 397 g/mol. The van der Waals surface area contributed by atoms with E-state index in [0.29, 0.717) is 18.0 Å². The Labute approximate surface area is 173 Å². The van der Waals surface area contributed by atoms with Crippen molar-refractivity contribution in [3.8, 4) is 5.75 Å². The number of benzene rings is 2. The minimum atomic E-state index is -0.240. The van der Waals surface area contributed by atoms with Crippen LogP contribution in [0.4, 0.5) is 10.5 Å². The number of amides is 2. The number of hydrogen-bond donors (Lipinski definition) is 2. The standard InChI is InChI=1S/C23H32N4O2/c1-18-8-4-5-9-20(18)19(2)24-23(28)25-21-10-6-7-11-22(21)29-17-16-27-14-12-26(3)13-15-27/h4-11,19H,12-17H2,1-3H3,(H2,24,25,28). The highest BCUT2D eigenvalue weighted by atomic mass is 16.5. The molecule has 156 valence electrons. The molecule has 0 aliphatic carbocycles. The highest BCUT2D eigenvalue weighted by Gasteiger charge is 2.15. The van der Waals surface area contributed by atoms with Crippen LogP contribution in [-0.2, 0) is 0 Å². The second kappa shape index (κ2) is 10.3. The quantitative estimate of drug-likeness (QED) is 0.752. The lowest BCUT2D eigenvalue weighted by atomic mass is 10.0. The molecule has 0 aromatic heterocycles. The third-order valence-corrected chi connectivity index (χ3v) is 5.40. The Balaban J connectivity index is 1.51. The maximum atomic E-state index is 12.5. The van der Waals surface area contributed by atoms with Crippen molar-refractivity contribution in [3.63, 3.8) is 0 Å². The maximum absolute atomic E-state index is 12.5. The van der Waals surface area contributed by atoms with E-state index in [9.17, 15) is 4.79 Å². The summed E-state index contributed by atoms with van der Waals surface area (Å²) in [5.74, 6) is 0.695. The van der Waals surface area contributed by atoms with Gasteiger partial charge in [0.05, 0.1) is 11.7 Å². The van der Waals surface area contributed by atoms with E-state index >= 15 is 0 Å². The summed E-state index contributed by atoms with van der Waals surface area (Å²) < 4.78 is 5.98. The molecule has 0 saturated carbocycles. The number of piperazine rings is 1. The zero-order valence-electron chi connectivity index (χ0n) is 17.6. The van der Waals surface area contributed by atoms with E-state index in [-0.39, 0.29) is 12.1 Å². The van der Waals surface area contributed by atoms with Crippen molar-refractivity contribution in [1.29, 1.82) is 0 Å². The molecule has 1 saturated heterocycles. The van der Waals surface area contributed by atoms with E-state index in [4.69, 9.17) is 4.74 Å². The van der Waals surface area contributed by atoms with Gasteiger partial charge in [-0.2, -0.15) is 0 Å².